The molecule has 0 heterocycles. The molecule has 0 unspecified atom stereocenters. The first-order valence-electron chi connectivity index (χ1n) is 10.6. The molecule has 0 amide bonds. The van der Waals surface area contributed by atoms with Crippen LogP contribution in [-0.4, -0.2) is 18.5 Å². The summed E-state index contributed by atoms with van der Waals surface area (Å²) in [6.07, 6.45) is 8.83. The summed E-state index contributed by atoms with van der Waals surface area (Å²) in [5.74, 6) is -0.954. The van der Waals surface area contributed by atoms with Crippen molar-refractivity contribution in [1.82, 2.24) is 0 Å². The van der Waals surface area contributed by atoms with Crippen molar-refractivity contribution in [1.29, 1.82) is 0 Å². The number of hydrogen-bond acceptors (Lipinski definition) is 4. The first-order valence-corrected chi connectivity index (χ1v) is 11.4. The maximum Gasteiger partial charge on any atom is 0.323 e. The third kappa shape index (κ3) is 7.94. The van der Waals surface area contributed by atoms with E-state index in [9.17, 15) is 9.59 Å². The van der Waals surface area contributed by atoms with Gasteiger partial charge >= 0.3 is 11.9 Å². The van der Waals surface area contributed by atoms with Crippen LogP contribution in [0.1, 0.15) is 84.1 Å². The predicted molar refractivity (Wildman–Crippen MR) is 116 cm³/mol. The molecule has 1 aromatic rings. The number of esters is 2. The Morgan fingerprint density at radius 1 is 0.893 bits per heavy atom. The first kappa shape index (κ1) is 24.7. The molecule has 28 heavy (non-hydrogen) atoms. The Bertz CT molecular complexity index is 596. The van der Waals surface area contributed by atoms with Crippen molar-refractivity contribution < 1.29 is 19.1 Å². The lowest BCUT2D eigenvalue weighted by atomic mass is 9.82. The average molecular weight is 455 g/mol. The highest BCUT2D eigenvalue weighted by Gasteiger charge is 2.45. The number of hydrogen-bond donors (Lipinski definition) is 0. The summed E-state index contributed by atoms with van der Waals surface area (Å²) in [4.78, 5) is 25.4. The molecule has 0 aromatic heterocycles. The number of rotatable bonds is 14. The Labute approximate surface area is 178 Å². The van der Waals surface area contributed by atoms with Gasteiger partial charge in [0.15, 0.2) is 5.41 Å². The second-order valence-corrected chi connectivity index (χ2v) is 8.17. The molecule has 5 heteroatoms. The van der Waals surface area contributed by atoms with Gasteiger partial charge in [0.1, 0.15) is 6.61 Å². The van der Waals surface area contributed by atoms with Crippen molar-refractivity contribution in [3.8, 4) is 0 Å². The quantitative estimate of drug-likeness (QED) is 0.180. The number of ether oxygens (including phenoxy) is 2. The second-order valence-electron chi connectivity index (χ2n) is 7.25. The SMILES string of the molecule is CCCCCCCCCOC(=O)C(CC)(CC)C(=O)OCc1cccc(Br)c1. The highest BCUT2D eigenvalue weighted by atomic mass is 79.9. The van der Waals surface area contributed by atoms with Crippen molar-refractivity contribution >= 4 is 27.9 Å². The molecule has 158 valence electrons. The van der Waals surface area contributed by atoms with E-state index in [4.69, 9.17) is 9.47 Å². The molecule has 1 aromatic carbocycles. The third-order valence-corrected chi connectivity index (χ3v) is 5.72. The van der Waals surface area contributed by atoms with Crippen LogP contribution in [0.2, 0.25) is 0 Å². The monoisotopic (exact) mass is 454 g/mol. The van der Waals surface area contributed by atoms with Crippen LogP contribution in [0.3, 0.4) is 0 Å². The van der Waals surface area contributed by atoms with E-state index in [0.29, 0.717) is 19.4 Å². The Morgan fingerprint density at radius 3 is 2.11 bits per heavy atom. The van der Waals surface area contributed by atoms with Crippen LogP contribution >= 0.6 is 15.9 Å². The number of halogens is 1. The van der Waals surface area contributed by atoms with E-state index in [2.05, 4.69) is 22.9 Å². The Hall–Kier alpha value is -1.36. The Morgan fingerprint density at radius 2 is 1.50 bits per heavy atom. The van der Waals surface area contributed by atoms with E-state index in [1.54, 1.807) is 0 Å². The second kappa shape index (κ2) is 13.8. The van der Waals surface area contributed by atoms with Crippen LogP contribution < -0.4 is 0 Å². The zero-order chi connectivity index (χ0) is 20.8. The molecule has 0 N–H and O–H groups in total. The smallest absolute Gasteiger partial charge is 0.323 e. The van der Waals surface area contributed by atoms with Gasteiger partial charge in [-0.25, -0.2) is 0 Å². The third-order valence-electron chi connectivity index (χ3n) is 5.23. The average Bonchev–Trinajstić information content (AvgIpc) is 2.70. The maximum absolute atomic E-state index is 12.7. The van der Waals surface area contributed by atoms with E-state index in [1.165, 1.54) is 32.1 Å². The summed E-state index contributed by atoms with van der Waals surface area (Å²) >= 11 is 3.40. The van der Waals surface area contributed by atoms with Gasteiger partial charge in [0.05, 0.1) is 6.61 Å². The molecule has 0 spiro atoms. The lowest BCUT2D eigenvalue weighted by Crippen LogP contribution is -2.41. The van der Waals surface area contributed by atoms with Gasteiger partial charge in [0.25, 0.3) is 0 Å². The molecular weight excluding hydrogens is 420 g/mol. The summed E-state index contributed by atoms with van der Waals surface area (Å²) in [5, 5.41) is 0. The highest BCUT2D eigenvalue weighted by Crippen LogP contribution is 2.31. The molecule has 0 radical (unpaired) electrons. The van der Waals surface area contributed by atoms with Crippen molar-refractivity contribution in [2.75, 3.05) is 6.61 Å². The van der Waals surface area contributed by atoms with Gasteiger partial charge in [-0.15, -0.1) is 0 Å². The lowest BCUT2D eigenvalue weighted by Gasteiger charge is -2.27. The van der Waals surface area contributed by atoms with Crippen LogP contribution in [0.25, 0.3) is 0 Å². The fourth-order valence-electron chi connectivity index (χ4n) is 3.19. The Kier molecular flexibility index (Phi) is 12.1. The summed E-state index contributed by atoms with van der Waals surface area (Å²) in [7, 11) is 0. The van der Waals surface area contributed by atoms with Crippen LogP contribution in [0, 0.1) is 5.41 Å². The van der Waals surface area contributed by atoms with Crippen molar-refractivity contribution in [2.45, 2.75) is 85.2 Å². The maximum atomic E-state index is 12.7. The molecule has 0 aliphatic heterocycles. The number of unbranched alkanes of at least 4 members (excludes halogenated alkanes) is 6. The molecule has 0 aliphatic rings. The fourth-order valence-corrected chi connectivity index (χ4v) is 3.63. The zero-order valence-electron chi connectivity index (χ0n) is 17.6. The van der Waals surface area contributed by atoms with Crippen LogP contribution in [0.15, 0.2) is 28.7 Å². The first-order chi connectivity index (χ1) is 13.5. The number of benzene rings is 1. The molecule has 0 saturated carbocycles. The van der Waals surface area contributed by atoms with Crippen molar-refractivity contribution in [3.63, 3.8) is 0 Å². The Balaban J connectivity index is 2.48. The molecule has 0 saturated heterocycles. The van der Waals surface area contributed by atoms with Crippen LogP contribution in [0.5, 0.6) is 0 Å². The summed E-state index contributed by atoms with van der Waals surface area (Å²) < 4.78 is 11.9. The standard InChI is InChI=1S/C23H35BrO4/c1-4-7-8-9-10-11-12-16-27-21(25)23(5-2,6-3)22(26)28-18-19-14-13-15-20(24)17-19/h13-15,17H,4-12,16,18H2,1-3H3. The molecule has 1 rings (SSSR count). The van der Waals surface area contributed by atoms with Crippen molar-refractivity contribution in [2.24, 2.45) is 5.41 Å². The van der Waals surface area contributed by atoms with Crippen molar-refractivity contribution in [3.05, 3.63) is 34.3 Å². The summed E-state index contributed by atoms with van der Waals surface area (Å²) in [6.45, 7) is 6.38. The molecule has 0 bridgehead atoms. The van der Waals surface area contributed by atoms with Gasteiger partial charge in [0, 0.05) is 4.47 Å². The highest BCUT2D eigenvalue weighted by molar-refractivity contribution is 9.10. The number of carbonyl (C=O) groups excluding carboxylic acids is 2. The largest absolute Gasteiger partial charge is 0.465 e. The summed E-state index contributed by atoms with van der Waals surface area (Å²) in [5.41, 5.74) is -0.340. The summed E-state index contributed by atoms with van der Waals surface area (Å²) in [6, 6.07) is 7.58. The topological polar surface area (TPSA) is 52.6 Å². The normalized spacial score (nSPS) is 11.3. The van der Waals surface area contributed by atoms with Gasteiger partial charge in [-0.3, -0.25) is 9.59 Å². The zero-order valence-corrected chi connectivity index (χ0v) is 19.2. The molecule has 0 aliphatic carbocycles. The fraction of sp³-hybridized carbons (Fsp3) is 0.652. The van der Waals surface area contributed by atoms with Gasteiger partial charge in [0.2, 0.25) is 0 Å². The van der Waals surface area contributed by atoms with Gasteiger partial charge in [-0.1, -0.05) is 87.4 Å². The van der Waals surface area contributed by atoms with Gasteiger partial charge in [-0.05, 0) is 37.0 Å². The van der Waals surface area contributed by atoms with Crippen LogP contribution in [-0.2, 0) is 25.7 Å². The minimum Gasteiger partial charge on any atom is -0.465 e. The van der Waals surface area contributed by atoms with Gasteiger partial charge in [-0.2, -0.15) is 0 Å². The van der Waals surface area contributed by atoms with E-state index >= 15 is 0 Å². The number of carbonyl (C=O) groups is 2. The van der Waals surface area contributed by atoms with E-state index in [-0.39, 0.29) is 6.61 Å². The molecule has 0 fully saturated rings. The van der Waals surface area contributed by atoms with Crippen LogP contribution in [0.4, 0.5) is 0 Å². The van der Waals surface area contributed by atoms with E-state index in [1.807, 2.05) is 38.1 Å². The lowest BCUT2D eigenvalue weighted by molar-refractivity contribution is -0.174. The van der Waals surface area contributed by atoms with E-state index in [0.717, 1.165) is 22.9 Å². The minimum absolute atomic E-state index is 0.144. The van der Waals surface area contributed by atoms with Gasteiger partial charge < -0.3 is 9.47 Å². The molecule has 4 nitrogen and oxygen atoms in total. The molecule has 0 atom stereocenters. The van der Waals surface area contributed by atoms with E-state index < -0.39 is 17.4 Å². The molecular formula is C23H35BrO4. The predicted octanol–water partition coefficient (Wildman–Crippen LogP) is 6.59. The minimum atomic E-state index is -1.22.